The lowest BCUT2D eigenvalue weighted by Crippen LogP contribution is -2.33. The molecule has 1 atom stereocenters. The highest BCUT2D eigenvalue weighted by Gasteiger charge is 2.24. The monoisotopic (exact) mass is 414 g/mol. The molecule has 2 aromatic carbocycles. The highest BCUT2D eigenvalue weighted by Crippen LogP contribution is 2.36. The third-order valence-electron chi connectivity index (χ3n) is 4.19. The molecule has 9 heteroatoms. The molecule has 0 bridgehead atoms. The SMILES string of the molecule is COC(=O)CC(=NNC1=NC(c2ccccc2)c2cc(Cl)ccc2N1)C(=O)OC. The molecule has 0 saturated carbocycles. The summed E-state index contributed by atoms with van der Waals surface area (Å²) in [5, 5.41) is 7.70. The van der Waals surface area contributed by atoms with Crippen molar-refractivity contribution in [2.75, 3.05) is 19.5 Å². The quantitative estimate of drug-likeness (QED) is 0.443. The molecule has 0 aromatic heterocycles. The minimum atomic E-state index is -0.744. The normalized spacial score (nSPS) is 15.5. The van der Waals surface area contributed by atoms with Gasteiger partial charge < -0.3 is 14.8 Å². The first kappa shape index (κ1) is 20.3. The van der Waals surface area contributed by atoms with E-state index >= 15 is 0 Å². The van der Waals surface area contributed by atoms with E-state index in [0.29, 0.717) is 11.0 Å². The van der Waals surface area contributed by atoms with Crippen LogP contribution in [0, 0.1) is 0 Å². The molecule has 2 aromatic rings. The number of hydrazone groups is 1. The number of carbonyl (C=O) groups excluding carboxylic acids is 2. The average Bonchev–Trinajstić information content (AvgIpc) is 2.76. The molecule has 1 aliphatic heterocycles. The van der Waals surface area contributed by atoms with Crippen molar-refractivity contribution in [3.05, 3.63) is 64.7 Å². The van der Waals surface area contributed by atoms with Crippen molar-refractivity contribution in [1.29, 1.82) is 0 Å². The molecule has 3 rings (SSSR count). The van der Waals surface area contributed by atoms with Gasteiger partial charge in [-0.3, -0.25) is 4.79 Å². The second-order valence-electron chi connectivity index (χ2n) is 6.06. The zero-order valence-electron chi connectivity index (χ0n) is 15.8. The highest BCUT2D eigenvalue weighted by molar-refractivity contribution is 6.39. The molecule has 0 amide bonds. The van der Waals surface area contributed by atoms with Crippen LogP contribution in [-0.4, -0.2) is 37.8 Å². The number of methoxy groups -OCH3 is 2. The molecule has 0 radical (unpaired) electrons. The first-order chi connectivity index (χ1) is 14.0. The van der Waals surface area contributed by atoms with Crippen molar-refractivity contribution >= 4 is 40.9 Å². The first-order valence-electron chi connectivity index (χ1n) is 8.68. The molecule has 150 valence electrons. The Labute approximate surface area is 172 Å². The second-order valence-corrected chi connectivity index (χ2v) is 6.50. The number of rotatable bonds is 5. The largest absolute Gasteiger partial charge is 0.469 e. The number of halogens is 1. The number of guanidine groups is 1. The van der Waals surface area contributed by atoms with E-state index in [0.717, 1.165) is 16.8 Å². The number of aliphatic imine (C=N–C) groups is 1. The third kappa shape index (κ3) is 4.91. The second kappa shape index (κ2) is 9.20. The molecule has 1 aliphatic rings. The van der Waals surface area contributed by atoms with Gasteiger partial charge in [-0.2, -0.15) is 5.10 Å². The Hall–Kier alpha value is -3.39. The Morgan fingerprint density at radius 1 is 1.17 bits per heavy atom. The van der Waals surface area contributed by atoms with Gasteiger partial charge in [-0.05, 0) is 23.8 Å². The lowest BCUT2D eigenvalue weighted by Gasteiger charge is -2.25. The van der Waals surface area contributed by atoms with Gasteiger partial charge >= 0.3 is 11.9 Å². The van der Waals surface area contributed by atoms with E-state index in [1.165, 1.54) is 14.2 Å². The lowest BCUT2D eigenvalue weighted by molar-refractivity contribution is -0.140. The van der Waals surface area contributed by atoms with E-state index in [2.05, 4.69) is 30.3 Å². The number of hydrogen-bond acceptors (Lipinski definition) is 8. The van der Waals surface area contributed by atoms with Crippen molar-refractivity contribution in [3.8, 4) is 0 Å². The molecule has 1 heterocycles. The fourth-order valence-electron chi connectivity index (χ4n) is 2.78. The summed E-state index contributed by atoms with van der Waals surface area (Å²) in [6, 6.07) is 14.8. The summed E-state index contributed by atoms with van der Waals surface area (Å²) in [6.07, 6.45) is -0.336. The van der Waals surface area contributed by atoms with Crippen molar-refractivity contribution in [2.45, 2.75) is 12.5 Å². The van der Waals surface area contributed by atoms with Crippen LogP contribution < -0.4 is 10.7 Å². The Balaban J connectivity index is 1.93. The predicted octanol–water partition coefficient (Wildman–Crippen LogP) is 2.89. The number of hydrogen-bond donors (Lipinski definition) is 2. The van der Waals surface area contributed by atoms with Crippen LogP contribution in [0.25, 0.3) is 0 Å². The molecule has 0 fully saturated rings. The summed E-state index contributed by atoms with van der Waals surface area (Å²) >= 11 is 6.17. The van der Waals surface area contributed by atoms with Crippen molar-refractivity contribution in [2.24, 2.45) is 10.1 Å². The van der Waals surface area contributed by atoms with Crippen molar-refractivity contribution in [1.82, 2.24) is 5.43 Å². The van der Waals surface area contributed by atoms with Gasteiger partial charge in [-0.15, -0.1) is 0 Å². The molecular formula is C20H19ClN4O4. The molecule has 0 aliphatic carbocycles. The molecule has 0 saturated heterocycles. The van der Waals surface area contributed by atoms with Crippen LogP contribution in [-0.2, 0) is 19.1 Å². The molecule has 29 heavy (non-hydrogen) atoms. The van der Waals surface area contributed by atoms with Crippen molar-refractivity contribution in [3.63, 3.8) is 0 Å². The van der Waals surface area contributed by atoms with Crippen molar-refractivity contribution < 1.29 is 19.1 Å². The Bertz CT molecular complexity index is 976. The van der Waals surface area contributed by atoms with Gasteiger partial charge in [0.2, 0.25) is 5.96 Å². The van der Waals surface area contributed by atoms with Gasteiger partial charge in [-0.25, -0.2) is 15.2 Å². The van der Waals surface area contributed by atoms with Crippen LogP contribution in [0.2, 0.25) is 5.02 Å². The van der Waals surface area contributed by atoms with E-state index in [4.69, 9.17) is 11.6 Å². The smallest absolute Gasteiger partial charge is 0.354 e. The summed E-state index contributed by atoms with van der Waals surface area (Å²) in [5.41, 5.74) is 5.23. The zero-order chi connectivity index (χ0) is 20.8. The van der Waals surface area contributed by atoms with Gasteiger partial charge in [0.05, 0.1) is 20.6 Å². The average molecular weight is 415 g/mol. The van der Waals surface area contributed by atoms with Crippen LogP contribution in [0.1, 0.15) is 23.6 Å². The number of nitrogens with one attached hydrogen (secondary N) is 2. The van der Waals surface area contributed by atoms with Crippen LogP contribution in [0.15, 0.2) is 58.6 Å². The summed E-state index contributed by atoms with van der Waals surface area (Å²) in [7, 11) is 2.43. The Morgan fingerprint density at radius 2 is 1.93 bits per heavy atom. The number of esters is 2. The van der Waals surface area contributed by atoms with Crippen LogP contribution >= 0.6 is 11.6 Å². The maximum absolute atomic E-state index is 11.9. The maximum Gasteiger partial charge on any atom is 0.354 e. The predicted molar refractivity (Wildman–Crippen MR) is 110 cm³/mol. The topological polar surface area (TPSA) is 101 Å². The van der Waals surface area contributed by atoms with E-state index < -0.39 is 11.9 Å². The molecule has 0 spiro atoms. The third-order valence-corrected chi connectivity index (χ3v) is 4.43. The van der Waals surface area contributed by atoms with E-state index in [-0.39, 0.29) is 18.2 Å². The van der Waals surface area contributed by atoms with Gasteiger partial charge in [0, 0.05) is 16.3 Å². The van der Waals surface area contributed by atoms with Gasteiger partial charge in [-0.1, -0.05) is 41.9 Å². The Kier molecular flexibility index (Phi) is 6.46. The number of carbonyl (C=O) groups is 2. The fourth-order valence-corrected chi connectivity index (χ4v) is 2.96. The lowest BCUT2D eigenvalue weighted by atomic mass is 9.96. The number of ether oxygens (including phenoxy) is 2. The minimum absolute atomic E-state index is 0.137. The van der Waals surface area contributed by atoms with Crippen LogP contribution in [0.4, 0.5) is 5.69 Å². The molecule has 1 unspecified atom stereocenters. The van der Waals surface area contributed by atoms with Gasteiger partial charge in [0.15, 0.2) is 5.71 Å². The summed E-state index contributed by atoms with van der Waals surface area (Å²) in [4.78, 5) is 28.1. The molecular weight excluding hydrogens is 396 g/mol. The van der Waals surface area contributed by atoms with Crippen LogP contribution in [0.3, 0.4) is 0 Å². The van der Waals surface area contributed by atoms with E-state index in [1.54, 1.807) is 6.07 Å². The Morgan fingerprint density at radius 3 is 2.62 bits per heavy atom. The number of anilines is 1. The van der Waals surface area contributed by atoms with E-state index in [9.17, 15) is 9.59 Å². The zero-order valence-corrected chi connectivity index (χ0v) is 16.6. The molecule has 8 nitrogen and oxygen atoms in total. The maximum atomic E-state index is 11.9. The fraction of sp³-hybridized carbons (Fsp3) is 0.200. The van der Waals surface area contributed by atoms with E-state index in [1.807, 2.05) is 42.5 Å². The van der Waals surface area contributed by atoms with Gasteiger partial charge in [0.1, 0.15) is 6.04 Å². The number of benzene rings is 2. The first-order valence-corrected chi connectivity index (χ1v) is 9.06. The molecule has 2 N–H and O–H groups in total. The van der Waals surface area contributed by atoms with Gasteiger partial charge in [0.25, 0.3) is 0 Å². The number of fused-ring (bicyclic) bond motifs is 1. The highest BCUT2D eigenvalue weighted by atomic mass is 35.5. The minimum Gasteiger partial charge on any atom is -0.469 e. The summed E-state index contributed by atoms with van der Waals surface area (Å²) in [6.45, 7) is 0. The standard InChI is InChI=1S/C20H19ClN4O4/c1-28-17(26)11-16(19(27)29-2)24-25-20-22-15-9-8-13(21)10-14(15)18(23-20)12-6-4-3-5-7-12/h3-10,18H,11H2,1-2H3,(H2,22,23,25). The number of nitrogens with zero attached hydrogens (tertiary/aromatic N) is 2. The summed E-state index contributed by atoms with van der Waals surface area (Å²) in [5.74, 6) is -1.05. The van der Waals surface area contributed by atoms with Crippen LogP contribution in [0.5, 0.6) is 0 Å². The summed E-state index contributed by atoms with van der Waals surface area (Å²) < 4.78 is 9.25.